The van der Waals surface area contributed by atoms with Crippen molar-refractivity contribution < 1.29 is 9.59 Å². The summed E-state index contributed by atoms with van der Waals surface area (Å²) in [4.78, 5) is 28.0. The molecule has 0 radical (unpaired) electrons. The van der Waals surface area contributed by atoms with Gasteiger partial charge in [-0.2, -0.15) is 0 Å². The average molecular weight is 408 g/mol. The zero-order chi connectivity index (χ0) is 21.5. The quantitative estimate of drug-likeness (QED) is 0.738. The van der Waals surface area contributed by atoms with Crippen LogP contribution in [0.3, 0.4) is 0 Å². The summed E-state index contributed by atoms with van der Waals surface area (Å²) in [5.41, 5.74) is 2.93. The van der Waals surface area contributed by atoms with Gasteiger partial charge in [-0.3, -0.25) is 14.5 Å². The minimum atomic E-state index is -0.541. The summed E-state index contributed by atoms with van der Waals surface area (Å²) in [6.07, 6.45) is 1.85. The maximum Gasteiger partial charge on any atom is 0.251 e. The van der Waals surface area contributed by atoms with Gasteiger partial charge < -0.3 is 10.6 Å². The number of carbonyl (C=O) groups is 2. The molecule has 0 saturated carbocycles. The number of benzene rings is 2. The maximum atomic E-state index is 12.9. The summed E-state index contributed by atoms with van der Waals surface area (Å²) < 4.78 is 0. The molecule has 0 bridgehead atoms. The first-order chi connectivity index (χ1) is 14.4. The molecule has 1 saturated heterocycles. The third-order valence-electron chi connectivity index (χ3n) is 5.70. The minimum absolute atomic E-state index is 0.0110. The lowest BCUT2D eigenvalue weighted by atomic mass is 9.99. The Bertz CT molecular complexity index is 842. The van der Waals surface area contributed by atoms with Crippen LogP contribution in [0.4, 0.5) is 0 Å². The fourth-order valence-corrected chi connectivity index (χ4v) is 3.91. The van der Waals surface area contributed by atoms with Crippen molar-refractivity contribution in [3.63, 3.8) is 0 Å². The van der Waals surface area contributed by atoms with Crippen LogP contribution in [-0.4, -0.2) is 41.9 Å². The van der Waals surface area contributed by atoms with Gasteiger partial charge in [0.15, 0.2) is 0 Å². The maximum absolute atomic E-state index is 12.9. The molecule has 0 aromatic heterocycles. The second-order valence-corrected chi connectivity index (χ2v) is 8.61. The van der Waals surface area contributed by atoms with Gasteiger partial charge in [-0.05, 0) is 43.4 Å². The van der Waals surface area contributed by atoms with Crippen LogP contribution in [0.15, 0.2) is 54.6 Å². The molecular formula is C25H33N3O2. The Labute approximate surface area is 179 Å². The molecule has 1 fully saturated rings. The first-order valence-corrected chi connectivity index (χ1v) is 10.9. The lowest BCUT2D eigenvalue weighted by Gasteiger charge is -2.33. The Kier molecular flexibility index (Phi) is 7.63. The van der Waals surface area contributed by atoms with Crippen molar-refractivity contribution in [3.8, 4) is 0 Å². The molecule has 1 heterocycles. The van der Waals surface area contributed by atoms with Crippen LogP contribution in [0, 0.1) is 12.8 Å². The van der Waals surface area contributed by atoms with Crippen molar-refractivity contribution in [3.05, 3.63) is 71.3 Å². The third-order valence-corrected chi connectivity index (χ3v) is 5.70. The number of likely N-dealkylation sites (tertiary alicyclic amines) is 1. The topological polar surface area (TPSA) is 61.4 Å². The van der Waals surface area contributed by atoms with E-state index in [0.29, 0.717) is 5.56 Å². The summed E-state index contributed by atoms with van der Waals surface area (Å²) in [5.74, 6) is -0.283. The van der Waals surface area contributed by atoms with Crippen molar-refractivity contribution in [2.45, 2.75) is 52.2 Å². The Morgan fingerprint density at radius 3 is 2.37 bits per heavy atom. The first kappa shape index (κ1) is 22.0. The minimum Gasteiger partial charge on any atom is -0.351 e. The number of nitrogens with zero attached hydrogens (tertiary/aromatic N) is 1. The Balaban J connectivity index is 1.51. The van der Waals surface area contributed by atoms with E-state index < -0.39 is 6.04 Å². The molecule has 2 aromatic rings. The summed E-state index contributed by atoms with van der Waals surface area (Å²) in [6, 6.07) is 17.5. The number of piperidine rings is 1. The van der Waals surface area contributed by atoms with Gasteiger partial charge in [0.2, 0.25) is 5.91 Å². The summed E-state index contributed by atoms with van der Waals surface area (Å²) in [5, 5.41) is 6.10. The largest absolute Gasteiger partial charge is 0.351 e. The van der Waals surface area contributed by atoms with E-state index in [4.69, 9.17) is 0 Å². The molecule has 5 nitrogen and oxygen atoms in total. The smallest absolute Gasteiger partial charge is 0.251 e. The van der Waals surface area contributed by atoms with E-state index >= 15 is 0 Å². The molecule has 0 spiro atoms. The molecule has 0 aliphatic carbocycles. The lowest BCUT2D eigenvalue weighted by molar-refractivity contribution is -0.125. The molecule has 160 valence electrons. The second kappa shape index (κ2) is 10.4. The van der Waals surface area contributed by atoms with Crippen LogP contribution in [-0.2, 0) is 11.3 Å². The van der Waals surface area contributed by atoms with E-state index in [9.17, 15) is 9.59 Å². The van der Waals surface area contributed by atoms with Gasteiger partial charge in [-0.25, -0.2) is 0 Å². The van der Waals surface area contributed by atoms with E-state index in [2.05, 4.69) is 39.8 Å². The normalized spacial score (nSPS) is 16.3. The number of hydrogen-bond donors (Lipinski definition) is 2. The zero-order valence-electron chi connectivity index (χ0n) is 18.2. The van der Waals surface area contributed by atoms with E-state index in [-0.39, 0.29) is 23.8 Å². The number of amides is 2. The Morgan fingerprint density at radius 1 is 1.03 bits per heavy atom. The highest BCUT2D eigenvalue weighted by molar-refractivity contribution is 5.97. The van der Waals surface area contributed by atoms with Crippen LogP contribution < -0.4 is 10.6 Å². The van der Waals surface area contributed by atoms with E-state index in [1.807, 2.05) is 45.0 Å². The molecule has 30 heavy (non-hydrogen) atoms. The molecule has 1 aliphatic heterocycles. The van der Waals surface area contributed by atoms with E-state index in [1.54, 1.807) is 6.07 Å². The summed E-state index contributed by atoms with van der Waals surface area (Å²) in [6.45, 7) is 8.74. The number of rotatable bonds is 7. The van der Waals surface area contributed by atoms with Crippen LogP contribution >= 0.6 is 0 Å². The van der Waals surface area contributed by atoms with Crippen molar-refractivity contribution in [1.29, 1.82) is 0 Å². The molecule has 5 heteroatoms. The van der Waals surface area contributed by atoms with Gasteiger partial charge in [0.25, 0.3) is 5.91 Å². The Hall–Kier alpha value is -2.66. The first-order valence-electron chi connectivity index (χ1n) is 10.9. The standard InChI is InChI=1S/C25H33N3O2/c1-18(2)23(27-24(29)21-11-7-8-19(3)16-21)25(30)26-22-12-14-28(15-13-22)17-20-9-5-4-6-10-20/h4-11,16,18,22-23H,12-15,17H2,1-3H3,(H,26,30)(H,27,29). The SMILES string of the molecule is Cc1cccc(C(=O)NC(C(=O)NC2CCN(Cc3ccccc3)CC2)C(C)C)c1. The highest BCUT2D eigenvalue weighted by Crippen LogP contribution is 2.15. The van der Waals surface area contributed by atoms with Crippen molar-refractivity contribution >= 4 is 11.8 Å². The molecule has 1 unspecified atom stereocenters. The molecule has 2 amide bonds. The van der Waals surface area contributed by atoms with Crippen LogP contribution in [0.2, 0.25) is 0 Å². The zero-order valence-corrected chi connectivity index (χ0v) is 18.2. The van der Waals surface area contributed by atoms with Crippen molar-refractivity contribution in [2.24, 2.45) is 5.92 Å². The van der Waals surface area contributed by atoms with Gasteiger partial charge in [-0.1, -0.05) is 61.9 Å². The van der Waals surface area contributed by atoms with Crippen LogP contribution in [0.5, 0.6) is 0 Å². The average Bonchev–Trinajstić information content (AvgIpc) is 2.73. The lowest BCUT2D eigenvalue weighted by Crippen LogP contribution is -2.53. The molecule has 3 rings (SSSR count). The fourth-order valence-electron chi connectivity index (χ4n) is 3.91. The number of nitrogens with one attached hydrogen (secondary N) is 2. The molecule has 2 N–H and O–H groups in total. The second-order valence-electron chi connectivity index (χ2n) is 8.61. The molecule has 2 aromatic carbocycles. The molecule has 1 aliphatic rings. The van der Waals surface area contributed by atoms with Gasteiger partial charge in [0.05, 0.1) is 0 Å². The third kappa shape index (κ3) is 6.17. The summed E-state index contributed by atoms with van der Waals surface area (Å²) >= 11 is 0. The van der Waals surface area contributed by atoms with Gasteiger partial charge >= 0.3 is 0 Å². The summed E-state index contributed by atoms with van der Waals surface area (Å²) in [7, 11) is 0. The van der Waals surface area contributed by atoms with Gasteiger partial charge in [0, 0.05) is 31.2 Å². The van der Waals surface area contributed by atoms with E-state index in [1.165, 1.54) is 5.56 Å². The van der Waals surface area contributed by atoms with E-state index in [0.717, 1.165) is 38.0 Å². The number of hydrogen-bond acceptors (Lipinski definition) is 3. The number of carbonyl (C=O) groups excluding carboxylic acids is 2. The van der Waals surface area contributed by atoms with Gasteiger partial charge in [-0.15, -0.1) is 0 Å². The number of aryl methyl sites for hydroxylation is 1. The predicted octanol–water partition coefficient (Wildman–Crippen LogP) is 3.53. The fraction of sp³-hybridized carbons (Fsp3) is 0.440. The van der Waals surface area contributed by atoms with Gasteiger partial charge in [0.1, 0.15) is 6.04 Å². The predicted molar refractivity (Wildman–Crippen MR) is 120 cm³/mol. The van der Waals surface area contributed by atoms with Crippen LogP contribution in [0.1, 0.15) is 48.2 Å². The van der Waals surface area contributed by atoms with Crippen molar-refractivity contribution in [1.82, 2.24) is 15.5 Å². The molecule has 1 atom stereocenters. The highest BCUT2D eigenvalue weighted by Gasteiger charge is 2.28. The monoisotopic (exact) mass is 407 g/mol. The highest BCUT2D eigenvalue weighted by atomic mass is 16.2. The van der Waals surface area contributed by atoms with Crippen LogP contribution in [0.25, 0.3) is 0 Å². The Morgan fingerprint density at radius 2 is 1.73 bits per heavy atom. The van der Waals surface area contributed by atoms with Crippen molar-refractivity contribution in [2.75, 3.05) is 13.1 Å². The molecular weight excluding hydrogens is 374 g/mol.